The number of aliphatic hydroxyl groups is 1. The van der Waals surface area contributed by atoms with Gasteiger partial charge in [-0.25, -0.2) is 0 Å². The van der Waals surface area contributed by atoms with Crippen molar-refractivity contribution < 1.29 is 5.11 Å². The number of hydrogen-bond acceptors (Lipinski definition) is 1. The molecule has 2 rings (SSSR count). The Bertz CT molecular complexity index is 505. The third-order valence-corrected chi connectivity index (χ3v) is 3.31. The van der Waals surface area contributed by atoms with Crippen molar-refractivity contribution in [2.45, 2.75) is 19.8 Å². The average molecular weight is 250 g/mol. The molecule has 0 radical (unpaired) electrons. The zero-order valence-electron chi connectivity index (χ0n) is 9.83. The van der Waals surface area contributed by atoms with Gasteiger partial charge in [-0.1, -0.05) is 23.7 Å². The maximum atomic E-state index is 8.87. The first-order valence-electron chi connectivity index (χ1n) is 5.76. The normalized spacial score (nSPS) is 10.8. The van der Waals surface area contributed by atoms with Crippen LogP contribution in [0.1, 0.15) is 17.7 Å². The van der Waals surface area contributed by atoms with Crippen LogP contribution in [0.2, 0.25) is 5.02 Å². The first kappa shape index (κ1) is 12.2. The minimum absolute atomic E-state index is 0.215. The lowest BCUT2D eigenvalue weighted by atomic mass is 10.0. The molecular formula is C14H16ClNO. The highest BCUT2D eigenvalue weighted by atomic mass is 35.5. The standard InChI is InChI=1S/C14H16ClNO/c1-10-4-5-11(9-13(10)15)12-6-7-16-14(12)3-2-8-17/h4-7,9,16-17H,2-3,8H2,1H3. The number of halogens is 1. The molecule has 0 amide bonds. The second kappa shape index (κ2) is 5.39. The summed E-state index contributed by atoms with van der Waals surface area (Å²) < 4.78 is 0. The van der Waals surface area contributed by atoms with Gasteiger partial charge in [0.25, 0.3) is 0 Å². The Kier molecular flexibility index (Phi) is 3.87. The summed E-state index contributed by atoms with van der Waals surface area (Å²) in [7, 11) is 0. The number of H-pyrrole nitrogens is 1. The zero-order valence-corrected chi connectivity index (χ0v) is 10.6. The summed E-state index contributed by atoms with van der Waals surface area (Å²) in [6.45, 7) is 2.21. The Morgan fingerprint density at radius 2 is 2.12 bits per heavy atom. The second-order valence-electron chi connectivity index (χ2n) is 4.16. The summed E-state index contributed by atoms with van der Waals surface area (Å²) in [4.78, 5) is 3.22. The lowest BCUT2D eigenvalue weighted by Crippen LogP contribution is -1.92. The summed E-state index contributed by atoms with van der Waals surface area (Å²) >= 11 is 6.14. The zero-order chi connectivity index (χ0) is 12.3. The molecule has 0 spiro atoms. The fourth-order valence-corrected chi connectivity index (χ4v) is 2.08. The lowest BCUT2D eigenvalue weighted by Gasteiger charge is -2.06. The van der Waals surface area contributed by atoms with Gasteiger partial charge in [0.15, 0.2) is 0 Å². The second-order valence-corrected chi connectivity index (χ2v) is 4.57. The molecule has 0 saturated carbocycles. The molecule has 0 aliphatic heterocycles. The predicted octanol–water partition coefficient (Wildman–Crippen LogP) is 3.57. The van der Waals surface area contributed by atoms with Crippen LogP contribution in [0, 0.1) is 6.92 Å². The minimum Gasteiger partial charge on any atom is -0.396 e. The SMILES string of the molecule is Cc1ccc(-c2cc[nH]c2CCCO)cc1Cl. The molecule has 0 bridgehead atoms. The number of aliphatic hydroxyl groups excluding tert-OH is 1. The number of rotatable bonds is 4. The highest BCUT2D eigenvalue weighted by Gasteiger charge is 2.07. The molecule has 90 valence electrons. The number of hydrogen-bond donors (Lipinski definition) is 2. The maximum absolute atomic E-state index is 8.87. The monoisotopic (exact) mass is 249 g/mol. The van der Waals surface area contributed by atoms with Crippen LogP contribution in [0.15, 0.2) is 30.5 Å². The fourth-order valence-electron chi connectivity index (χ4n) is 1.90. The molecule has 1 heterocycles. The van der Waals surface area contributed by atoms with E-state index in [1.165, 1.54) is 5.56 Å². The van der Waals surface area contributed by atoms with E-state index in [1.807, 2.05) is 31.3 Å². The predicted molar refractivity (Wildman–Crippen MR) is 71.4 cm³/mol. The average Bonchev–Trinajstić information content (AvgIpc) is 2.78. The van der Waals surface area contributed by atoms with Crippen LogP contribution in [0.4, 0.5) is 0 Å². The summed E-state index contributed by atoms with van der Waals surface area (Å²) in [6.07, 6.45) is 3.55. The fraction of sp³-hybridized carbons (Fsp3) is 0.286. The van der Waals surface area contributed by atoms with Crippen LogP contribution in [-0.4, -0.2) is 16.7 Å². The Balaban J connectivity index is 2.32. The first-order chi connectivity index (χ1) is 8.22. The van der Waals surface area contributed by atoms with E-state index in [-0.39, 0.29) is 6.61 Å². The summed E-state index contributed by atoms with van der Waals surface area (Å²) in [5.41, 5.74) is 4.52. The molecule has 17 heavy (non-hydrogen) atoms. The Morgan fingerprint density at radius 3 is 2.82 bits per heavy atom. The van der Waals surface area contributed by atoms with Crippen LogP contribution >= 0.6 is 11.6 Å². The quantitative estimate of drug-likeness (QED) is 0.854. The Hall–Kier alpha value is -1.25. The van der Waals surface area contributed by atoms with Gasteiger partial charge in [-0.2, -0.15) is 0 Å². The van der Waals surface area contributed by atoms with Crippen molar-refractivity contribution >= 4 is 11.6 Å². The van der Waals surface area contributed by atoms with E-state index < -0.39 is 0 Å². The molecule has 0 fully saturated rings. The number of benzene rings is 1. The molecule has 2 N–H and O–H groups in total. The molecule has 0 aliphatic carbocycles. The van der Waals surface area contributed by atoms with E-state index in [2.05, 4.69) is 11.1 Å². The van der Waals surface area contributed by atoms with Crippen molar-refractivity contribution in [3.05, 3.63) is 46.7 Å². The van der Waals surface area contributed by atoms with Crippen LogP contribution in [0.5, 0.6) is 0 Å². The van der Waals surface area contributed by atoms with E-state index >= 15 is 0 Å². The molecular weight excluding hydrogens is 234 g/mol. The highest BCUT2D eigenvalue weighted by molar-refractivity contribution is 6.31. The van der Waals surface area contributed by atoms with Crippen molar-refractivity contribution in [1.29, 1.82) is 0 Å². The molecule has 0 saturated heterocycles. The van der Waals surface area contributed by atoms with Gasteiger partial charge in [0.05, 0.1) is 0 Å². The van der Waals surface area contributed by atoms with E-state index in [9.17, 15) is 0 Å². The van der Waals surface area contributed by atoms with E-state index in [0.29, 0.717) is 0 Å². The minimum atomic E-state index is 0.215. The van der Waals surface area contributed by atoms with E-state index in [4.69, 9.17) is 16.7 Å². The van der Waals surface area contributed by atoms with Gasteiger partial charge in [0.1, 0.15) is 0 Å². The van der Waals surface area contributed by atoms with Crippen LogP contribution < -0.4 is 0 Å². The smallest absolute Gasteiger partial charge is 0.0441 e. The van der Waals surface area contributed by atoms with Gasteiger partial charge < -0.3 is 10.1 Å². The van der Waals surface area contributed by atoms with Crippen molar-refractivity contribution in [3.63, 3.8) is 0 Å². The van der Waals surface area contributed by atoms with Gasteiger partial charge in [-0.3, -0.25) is 0 Å². The largest absolute Gasteiger partial charge is 0.396 e. The highest BCUT2D eigenvalue weighted by Crippen LogP contribution is 2.28. The molecule has 2 aromatic rings. The number of aromatic amines is 1. The van der Waals surface area contributed by atoms with Crippen LogP contribution in [-0.2, 0) is 6.42 Å². The van der Waals surface area contributed by atoms with Gasteiger partial charge in [0.2, 0.25) is 0 Å². The molecule has 1 aromatic carbocycles. The molecule has 2 nitrogen and oxygen atoms in total. The number of nitrogens with one attached hydrogen (secondary N) is 1. The number of aromatic nitrogens is 1. The molecule has 0 atom stereocenters. The summed E-state index contributed by atoms with van der Waals surface area (Å²) in [5.74, 6) is 0. The maximum Gasteiger partial charge on any atom is 0.0441 e. The van der Waals surface area contributed by atoms with Crippen molar-refractivity contribution in [2.24, 2.45) is 0 Å². The van der Waals surface area contributed by atoms with Crippen LogP contribution in [0.3, 0.4) is 0 Å². The molecule has 0 aliphatic rings. The number of aryl methyl sites for hydroxylation is 2. The third kappa shape index (κ3) is 2.71. The van der Waals surface area contributed by atoms with Gasteiger partial charge in [0, 0.05) is 29.1 Å². The van der Waals surface area contributed by atoms with Gasteiger partial charge >= 0.3 is 0 Å². The van der Waals surface area contributed by atoms with Gasteiger partial charge in [-0.15, -0.1) is 0 Å². The Labute approximate surface area is 106 Å². The van der Waals surface area contributed by atoms with Gasteiger partial charge in [-0.05, 0) is 43.0 Å². The van der Waals surface area contributed by atoms with E-state index in [1.54, 1.807) is 0 Å². The van der Waals surface area contributed by atoms with Crippen molar-refractivity contribution in [3.8, 4) is 11.1 Å². The Morgan fingerprint density at radius 1 is 1.29 bits per heavy atom. The van der Waals surface area contributed by atoms with E-state index in [0.717, 1.165) is 34.7 Å². The first-order valence-corrected chi connectivity index (χ1v) is 6.14. The lowest BCUT2D eigenvalue weighted by molar-refractivity contribution is 0.288. The van der Waals surface area contributed by atoms with Crippen LogP contribution in [0.25, 0.3) is 11.1 Å². The molecule has 3 heteroatoms. The third-order valence-electron chi connectivity index (χ3n) is 2.90. The van der Waals surface area contributed by atoms with Crippen molar-refractivity contribution in [1.82, 2.24) is 4.98 Å². The topological polar surface area (TPSA) is 36.0 Å². The molecule has 0 unspecified atom stereocenters. The summed E-state index contributed by atoms with van der Waals surface area (Å²) in [5, 5.41) is 9.66. The summed E-state index contributed by atoms with van der Waals surface area (Å²) in [6, 6.07) is 8.14. The van der Waals surface area contributed by atoms with Crippen molar-refractivity contribution in [2.75, 3.05) is 6.61 Å². The molecule has 1 aromatic heterocycles.